The first kappa shape index (κ1) is 9.26. The first-order valence-corrected chi connectivity index (χ1v) is 4.18. The van der Waals surface area contributed by atoms with Crippen LogP contribution in [0.2, 0.25) is 0 Å². The molecule has 2 N–H and O–H groups in total. The first-order chi connectivity index (χ1) is 5.55. The lowest BCUT2D eigenvalue weighted by Crippen LogP contribution is -2.15. The van der Waals surface area contributed by atoms with Crippen molar-refractivity contribution in [3.63, 3.8) is 0 Å². The number of hydrogen-bond acceptors (Lipinski definition) is 3. The molecule has 0 atom stereocenters. The van der Waals surface area contributed by atoms with Crippen molar-refractivity contribution < 1.29 is 4.42 Å². The van der Waals surface area contributed by atoms with E-state index in [4.69, 9.17) is 10.2 Å². The Hall–Kier alpha value is -0.830. The second-order valence-electron chi connectivity index (χ2n) is 3.91. The minimum absolute atomic E-state index is 0.0531. The Kier molecular flexibility index (Phi) is 2.52. The van der Waals surface area contributed by atoms with Crippen LogP contribution < -0.4 is 5.73 Å². The summed E-state index contributed by atoms with van der Waals surface area (Å²) in [6.45, 7) is 6.96. The average Bonchev–Trinajstić information content (AvgIpc) is 2.34. The normalized spacial score (nSPS) is 12.0. The zero-order valence-electron chi connectivity index (χ0n) is 7.92. The van der Waals surface area contributed by atoms with Gasteiger partial charge in [0.2, 0.25) is 0 Å². The Labute approximate surface area is 73.0 Å². The lowest BCUT2D eigenvalue weighted by Gasteiger charge is -2.15. The molecule has 68 valence electrons. The van der Waals surface area contributed by atoms with Crippen LogP contribution in [0.1, 0.15) is 32.2 Å². The second kappa shape index (κ2) is 3.27. The highest BCUT2D eigenvalue weighted by atomic mass is 16.3. The van der Waals surface area contributed by atoms with Crippen LogP contribution in [-0.2, 0) is 11.8 Å². The molecule has 0 saturated carbocycles. The number of hydrogen-bond donors (Lipinski definition) is 1. The number of aromatic nitrogens is 1. The van der Waals surface area contributed by atoms with Gasteiger partial charge in [-0.25, -0.2) is 4.98 Å². The van der Waals surface area contributed by atoms with Crippen molar-refractivity contribution in [2.45, 2.75) is 32.6 Å². The molecule has 0 aliphatic rings. The van der Waals surface area contributed by atoms with E-state index in [9.17, 15) is 0 Å². The SMILES string of the molecule is CC(C)(C)c1ncoc1CCN. The summed E-state index contributed by atoms with van der Waals surface area (Å²) in [5, 5.41) is 0. The minimum Gasteiger partial charge on any atom is -0.448 e. The molecule has 0 aliphatic heterocycles. The molecule has 3 heteroatoms. The molecular formula is C9H16N2O. The van der Waals surface area contributed by atoms with Crippen LogP contribution in [0.5, 0.6) is 0 Å². The van der Waals surface area contributed by atoms with Gasteiger partial charge in [-0.15, -0.1) is 0 Å². The van der Waals surface area contributed by atoms with Gasteiger partial charge in [0.25, 0.3) is 0 Å². The first-order valence-electron chi connectivity index (χ1n) is 4.18. The van der Waals surface area contributed by atoms with Gasteiger partial charge in [-0.1, -0.05) is 20.8 Å². The van der Waals surface area contributed by atoms with Gasteiger partial charge in [0.05, 0.1) is 5.69 Å². The lowest BCUT2D eigenvalue weighted by molar-refractivity contribution is 0.485. The molecule has 0 radical (unpaired) electrons. The fraction of sp³-hybridized carbons (Fsp3) is 0.667. The molecular weight excluding hydrogens is 152 g/mol. The predicted molar refractivity (Wildman–Crippen MR) is 48.0 cm³/mol. The van der Waals surface area contributed by atoms with Crippen LogP contribution in [0.25, 0.3) is 0 Å². The minimum atomic E-state index is 0.0531. The Morgan fingerprint density at radius 2 is 2.17 bits per heavy atom. The maximum absolute atomic E-state index is 5.44. The molecule has 0 saturated heterocycles. The van der Waals surface area contributed by atoms with E-state index in [2.05, 4.69) is 25.8 Å². The topological polar surface area (TPSA) is 52.0 Å². The fourth-order valence-corrected chi connectivity index (χ4v) is 1.19. The highest BCUT2D eigenvalue weighted by Crippen LogP contribution is 2.24. The zero-order valence-corrected chi connectivity index (χ0v) is 7.92. The monoisotopic (exact) mass is 168 g/mol. The molecule has 3 nitrogen and oxygen atoms in total. The summed E-state index contributed by atoms with van der Waals surface area (Å²) in [5.74, 6) is 0.921. The smallest absolute Gasteiger partial charge is 0.181 e. The summed E-state index contributed by atoms with van der Waals surface area (Å²) in [4.78, 5) is 4.18. The zero-order chi connectivity index (χ0) is 9.19. The van der Waals surface area contributed by atoms with Crippen LogP contribution in [0.3, 0.4) is 0 Å². The van der Waals surface area contributed by atoms with E-state index < -0.39 is 0 Å². The van der Waals surface area contributed by atoms with Gasteiger partial charge < -0.3 is 10.2 Å². The van der Waals surface area contributed by atoms with Crippen LogP contribution in [0, 0.1) is 0 Å². The van der Waals surface area contributed by atoms with Crippen molar-refractivity contribution in [3.05, 3.63) is 17.8 Å². The van der Waals surface area contributed by atoms with Gasteiger partial charge >= 0.3 is 0 Å². The number of rotatable bonds is 2. The maximum atomic E-state index is 5.44. The van der Waals surface area contributed by atoms with Crippen LogP contribution in [0.15, 0.2) is 10.8 Å². The van der Waals surface area contributed by atoms with Crippen molar-refractivity contribution in [2.24, 2.45) is 5.73 Å². The second-order valence-corrected chi connectivity index (χ2v) is 3.91. The summed E-state index contributed by atoms with van der Waals surface area (Å²) in [6.07, 6.45) is 2.26. The molecule has 1 aromatic heterocycles. The van der Waals surface area contributed by atoms with Gasteiger partial charge in [-0.05, 0) is 6.54 Å². The molecule has 0 amide bonds. The fourth-order valence-electron chi connectivity index (χ4n) is 1.19. The lowest BCUT2D eigenvalue weighted by atomic mass is 9.90. The van der Waals surface area contributed by atoms with Crippen LogP contribution in [-0.4, -0.2) is 11.5 Å². The molecule has 0 fully saturated rings. The van der Waals surface area contributed by atoms with E-state index in [0.717, 1.165) is 17.9 Å². The summed E-state index contributed by atoms with van der Waals surface area (Å²) < 4.78 is 5.24. The van der Waals surface area contributed by atoms with Crippen molar-refractivity contribution in [2.75, 3.05) is 6.54 Å². The maximum Gasteiger partial charge on any atom is 0.181 e. The van der Waals surface area contributed by atoms with Crippen LogP contribution >= 0.6 is 0 Å². The molecule has 1 heterocycles. The highest BCUT2D eigenvalue weighted by molar-refractivity contribution is 5.16. The summed E-state index contributed by atoms with van der Waals surface area (Å²) in [6, 6.07) is 0. The highest BCUT2D eigenvalue weighted by Gasteiger charge is 2.21. The van der Waals surface area contributed by atoms with E-state index in [1.807, 2.05) is 0 Å². The predicted octanol–water partition coefficient (Wildman–Crippen LogP) is 1.47. The standard InChI is InChI=1S/C9H16N2O/c1-9(2,3)8-7(4-5-10)12-6-11-8/h6H,4-5,10H2,1-3H3. The van der Waals surface area contributed by atoms with Gasteiger partial charge in [-0.3, -0.25) is 0 Å². The Morgan fingerprint density at radius 1 is 1.50 bits per heavy atom. The van der Waals surface area contributed by atoms with Gasteiger partial charge in [-0.2, -0.15) is 0 Å². The van der Waals surface area contributed by atoms with Crippen LogP contribution in [0.4, 0.5) is 0 Å². The molecule has 0 aliphatic carbocycles. The molecule has 0 aromatic carbocycles. The van der Waals surface area contributed by atoms with Crippen molar-refractivity contribution in [1.82, 2.24) is 4.98 Å². The Bertz CT molecular complexity index is 247. The summed E-state index contributed by atoms with van der Waals surface area (Å²) in [5.41, 5.74) is 6.52. The van der Waals surface area contributed by atoms with E-state index in [0.29, 0.717) is 6.54 Å². The number of oxazole rings is 1. The summed E-state index contributed by atoms with van der Waals surface area (Å²) >= 11 is 0. The molecule has 0 bridgehead atoms. The molecule has 12 heavy (non-hydrogen) atoms. The molecule has 1 aromatic rings. The van der Waals surface area contributed by atoms with Gasteiger partial charge in [0.1, 0.15) is 5.76 Å². The third-order valence-electron chi connectivity index (χ3n) is 1.72. The number of nitrogens with two attached hydrogens (primary N) is 1. The van der Waals surface area contributed by atoms with Gasteiger partial charge in [0.15, 0.2) is 6.39 Å². The summed E-state index contributed by atoms with van der Waals surface area (Å²) in [7, 11) is 0. The average molecular weight is 168 g/mol. The quantitative estimate of drug-likeness (QED) is 0.727. The van der Waals surface area contributed by atoms with Crippen molar-refractivity contribution >= 4 is 0 Å². The third kappa shape index (κ3) is 1.85. The van der Waals surface area contributed by atoms with E-state index in [1.165, 1.54) is 6.39 Å². The number of nitrogens with zero attached hydrogens (tertiary/aromatic N) is 1. The van der Waals surface area contributed by atoms with E-state index in [1.54, 1.807) is 0 Å². The largest absolute Gasteiger partial charge is 0.448 e. The molecule has 0 spiro atoms. The van der Waals surface area contributed by atoms with Gasteiger partial charge in [0, 0.05) is 11.8 Å². The Balaban J connectivity index is 2.91. The molecule has 0 unspecified atom stereocenters. The third-order valence-corrected chi connectivity index (χ3v) is 1.72. The van der Waals surface area contributed by atoms with Crippen molar-refractivity contribution in [1.29, 1.82) is 0 Å². The Morgan fingerprint density at radius 3 is 2.67 bits per heavy atom. The van der Waals surface area contributed by atoms with E-state index in [-0.39, 0.29) is 5.41 Å². The van der Waals surface area contributed by atoms with E-state index >= 15 is 0 Å². The van der Waals surface area contributed by atoms with Crippen molar-refractivity contribution in [3.8, 4) is 0 Å². The molecule has 1 rings (SSSR count).